The number of carbonyl (C=O) groups is 1. The van der Waals surface area contributed by atoms with Gasteiger partial charge in [0.05, 0.1) is 5.57 Å². The molecule has 1 heterocycles. The first kappa shape index (κ1) is 12.0. The Balaban J connectivity index is 1.99. The van der Waals surface area contributed by atoms with Gasteiger partial charge in [0.1, 0.15) is 11.7 Å². The van der Waals surface area contributed by atoms with Gasteiger partial charge in [0.15, 0.2) is 0 Å². The van der Waals surface area contributed by atoms with Gasteiger partial charge in [-0.3, -0.25) is 0 Å². The minimum Gasteiger partial charge on any atom is -0.455 e. The highest BCUT2D eigenvalue weighted by molar-refractivity contribution is 5.93. The van der Waals surface area contributed by atoms with Crippen molar-refractivity contribution in [2.75, 3.05) is 0 Å². The van der Waals surface area contributed by atoms with Crippen molar-refractivity contribution in [3.8, 4) is 0 Å². The standard InChI is InChI=1S/C15H20O3/c1-9-5-4-6-14(3)8-12-15(17,7-11(9)14)10(2)13(16)18-12/h11-12,17H,1-2,4-8H2,3H3/t11-,12-,14+,15+/m0/s1. The zero-order chi connectivity index (χ0) is 13.1. The highest BCUT2D eigenvalue weighted by Gasteiger charge is 2.60. The van der Waals surface area contributed by atoms with Crippen LogP contribution in [0.5, 0.6) is 0 Å². The molecule has 2 saturated carbocycles. The molecule has 1 saturated heterocycles. The topological polar surface area (TPSA) is 46.5 Å². The Hall–Kier alpha value is -1.09. The van der Waals surface area contributed by atoms with Crippen LogP contribution >= 0.6 is 0 Å². The van der Waals surface area contributed by atoms with Crippen LogP contribution in [0.4, 0.5) is 0 Å². The molecular weight excluding hydrogens is 228 g/mol. The van der Waals surface area contributed by atoms with E-state index >= 15 is 0 Å². The maximum Gasteiger partial charge on any atom is 0.336 e. The van der Waals surface area contributed by atoms with Crippen molar-refractivity contribution in [1.29, 1.82) is 0 Å². The van der Waals surface area contributed by atoms with Gasteiger partial charge in [-0.1, -0.05) is 25.7 Å². The number of esters is 1. The minimum atomic E-state index is -1.17. The summed E-state index contributed by atoms with van der Waals surface area (Å²) in [5.74, 6) is -0.158. The molecule has 3 nitrogen and oxygen atoms in total. The van der Waals surface area contributed by atoms with E-state index in [2.05, 4.69) is 20.1 Å². The molecule has 0 bridgehead atoms. The lowest BCUT2D eigenvalue weighted by Crippen LogP contribution is -2.53. The van der Waals surface area contributed by atoms with Crippen LogP contribution in [-0.4, -0.2) is 22.8 Å². The lowest BCUT2D eigenvalue weighted by molar-refractivity contribution is -0.150. The second-order valence-electron chi connectivity index (χ2n) is 6.42. The van der Waals surface area contributed by atoms with Crippen LogP contribution in [0.3, 0.4) is 0 Å². The first-order valence-electron chi connectivity index (χ1n) is 6.67. The first-order valence-corrected chi connectivity index (χ1v) is 6.67. The fourth-order valence-electron chi connectivity index (χ4n) is 4.06. The Bertz CT molecular complexity index is 453. The normalized spacial score (nSPS) is 47.6. The van der Waals surface area contributed by atoms with Crippen LogP contribution in [0.15, 0.2) is 24.3 Å². The predicted molar refractivity (Wildman–Crippen MR) is 67.8 cm³/mol. The molecule has 3 rings (SSSR count). The number of fused-ring (bicyclic) bond motifs is 2. The number of rotatable bonds is 0. The Morgan fingerprint density at radius 3 is 2.83 bits per heavy atom. The fraction of sp³-hybridized carbons (Fsp3) is 0.667. The van der Waals surface area contributed by atoms with E-state index in [0.29, 0.717) is 6.42 Å². The third-order valence-corrected chi connectivity index (χ3v) is 5.30. The molecule has 98 valence electrons. The molecular formula is C15H20O3. The maximum absolute atomic E-state index is 11.6. The van der Waals surface area contributed by atoms with Gasteiger partial charge in [0.2, 0.25) is 0 Å². The quantitative estimate of drug-likeness (QED) is 0.406. The molecule has 1 aliphatic heterocycles. The van der Waals surface area contributed by atoms with Crippen molar-refractivity contribution in [2.24, 2.45) is 11.3 Å². The third kappa shape index (κ3) is 1.37. The number of aliphatic hydroxyl groups is 1. The van der Waals surface area contributed by atoms with Crippen LogP contribution in [-0.2, 0) is 9.53 Å². The van der Waals surface area contributed by atoms with Crippen LogP contribution in [0.2, 0.25) is 0 Å². The van der Waals surface area contributed by atoms with Gasteiger partial charge < -0.3 is 9.84 Å². The second-order valence-corrected chi connectivity index (χ2v) is 6.42. The van der Waals surface area contributed by atoms with E-state index in [0.717, 1.165) is 25.7 Å². The molecule has 3 fully saturated rings. The van der Waals surface area contributed by atoms with Gasteiger partial charge in [0, 0.05) is 0 Å². The average molecular weight is 248 g/mol. The summed E-state index contributed by atoms with van der Waals surface area (Å²) in [6.45, 7) is 10.1. The summed E-state index contributed by atoms with van der Waals surface area (Å²) in [7, 11) is 0. The van der Waals surface area contributed by atoms with Crippen molar-refractivity contribution in [3.05, 3.63) is 24.3 Å². The summed E-state index contributed by atoms with van der Waals surface area (Å²) in [6, 6.07) is 0. The van der Waals surface area contributed by atoms with Crippen LogP contribution in [0.25, 0.3) is 0 Å². The van der Waals surface area contributed by atoms with Crippen molar-refractivity contribution >= 4 is 5.97 Å². The van der Waals surface area contributed by atoms with Gasteiger partial charge in [-0.2, -0.15) is 0 Å². The SMILES string of the molecule is C=C1CCC[C@]2(C)C[C@@H]3OC(=O)C(=C)[C@]3(O)C[C@@H]12. The number of allylic oxidation sites excluding steroid dienone is 1. The fourth-order valence-corrected chi connectivity index (χ4v) is 4.06. The molecule has 0 amide bonds. The predicted octanol–water partition coefficient (Wildman–Crippen LogP) is 2.36. The first-order chi connectivity index (χ1) is 8.37. The summed E-state index contributed by atoms with van der Waals surface area (Å²) in [6.07, 6.45) is 4.14. The van der Waals surface area contributed by atoms with Crippen LogP contribution in [0, 0.1) is 11.3 Å². The maximum atomic E-state index is 11.6. The van der Waals surface area contributed by atoms with Gasteiger partial charge in [-0.05, 0) is 43.4 Å². The van der Waals surface area contributed by atoms with Crippen molar-refractivity contribution in [1.82, 2.24) is 0 Å². The van der Waals surface area contributed by atoms with E-state index in [1.54, 1.807) is 0 Å². The Kier molecular flexibility index (Phi) is 2.31. The van der Waals surface area contributed by atoms with E-state index in [1.807, 2.05) is 0 Å². The van der Waals surface area contributed by atoms with Gasteiger partial charge in [-0.25, -0.2) is 4.79 Å². The zero-order valence-corrected chi connectivity index (χ0v) is 10.9. The molecule has 1 N–H and O–H groups in total. The summed E-state index contributed by atoms with van der Waals surface area (Å²) in [5, 5.41) is 10.7. The summed E-state index contributed by atoms with van der Waals surface area (Å²) in [5.41, 5.74) is 0.384. The Morgan fingerprint density at radius 1 is 1.39 bits per heavy atom. The van der Waals surface area contributed by atoms with E-state index < -0.39 is 17.7 Å². The third-order valence-electron chi connectivity index (χ3n) is 5.30. The lowest BCUT2D eigenvalue weighted by Gasteiger charge is -2.52. The number of carbonyl (C=O) groups excluding carboxylic acids is 1. The molecule has 2 aliphatic carbocycles. The average Bonchev–Trinajstić information content (AvgIpc) is 2.50. The van der Waals surface area contributed by atoms with E-state index in [9.17, 15) is 9.90 Å². The smallest absolute Gasteiger partial charge is 0.336 e. The molecule has 3 aliphatic rings. The minimum absolute atomic E-state index is 0.108. The molecule has 0 spiro atoms. The van der Waals surface area contributed by atoms with Crippen LogP contribution in [0.1, 0.15) is 39.0 Å². The largest absolute Gasteiger partial charge is 0.455 e. The molecule has 3 heteroatoms. The van der Waals surface area contributed by atoms with Gasteiger partial charge in [-0.15, -0.1) is 0 Å². The summed E-state index contributed by atoms with van der Waals surface area (Å²) in [4.78, 5) is 11.6. The van der Waals surface area contributed by atoms with Crippen molar-refractivity contribution < 1.29 is 14.6 Å². The van der Waals surface area contributed by atoms with Crippen molar-refractivity contribution in [3.63, 3.8) is 0 Å². The van der Waals surface area contributed by atoms with E-state index in [4.69, 9.17) is 4.74 Å². The molecule has 4 atom stereocenters. The lowest BCUT2D eigenvalue weighted by atomic mass is 9.54. The Morgan fingerprint density at radius 2 is 2.11 bits per heavy atom. The van der Waals surface area contributed by atoms with E-state index in [-0.39, 0.29) is 16.9 Å². The molecule has 0 radical (unpaired) electrons. The van der Waals surface area contributed by atoms with E-state index in [1.165, 1.54) is 5.57 Å². The number of hydrogen-bond acceptors (Lipinski definition) is 3. The molecule has 0 unspecified atom stereocenters. The summed E-state index contributed by atoms with van der Waals surface area (Å²) < 4.78 is 5.31. The number of hydrogen-bond donors (Lipinski definition) is 1. The highest BCUT2D eigenvalue weighted by atomic mass is 16.6. The monoisotopic (exact) mass is 248 g/mol. The van der Waals surface area contributed by atoms with Crippen LogP contribution < -0.4 is 0 Å². The second kappa shape index (κ2) is 3.47. The van der Waals surface area contributed by atoms with Crippen molar-refractivity contribution in [2.45, 2.75) is 50.7 Å². The molecule has 0 aromatic carbocycles. The molecule has 0 aromatic heterocycles. The van der Waals surface area contributed by atoms with Gasteiger partial charge >= 0.3 is 5.97 Å². The molecule has 18 heavy (non-hydrogen) atoms. The van der Waals surface area contributed by atoms with Gasteiger partial charge in [0.25, 0.3) is 0 Å². The Labute approximate surface area is 108 Å². The highest BCUT2D eigenvalue weighted by Crippen LogP contribution is 2.57. The summed E-state index contributed by atoms with van der Waals surface area (Å²) >= 11 is 0. The molecule has 0 aromatic rings. The number of ether oxygens (including phenoxy) is 1. The zero-order valence-electron chi connectivity index (χ0n) is 10.9.